The van der Waals surface area contributed by atoms with Crippen LogP contribution in [0.1, 0.15) is 27.9 Å². The van der Waals surface area contributed by atoms with Crippen molar-refractivity contribution in [2.75, 3.05) is 19.4 Å². The van der Waals surface area contributed by atoms with E-state index < -0.39 is 0 Å². The maximum atomic E-state index is 12.5. The van der Waals surface area contributed by atoms with Crippen LogP contribution in [0, 0.1) is 13.8 Å². The summed E-state index contributed by atoms with van der Waals surface area (Å²) in [5.74, 6) is -0.228. The summed E-state index contributed by atoms with van der Waals surface area (Å²) in [4.78, 5) is 26.1. The van der Waals surface area contributed by atoms with E-state index in [2.05, 4.69) is 5.32 Å². The van der Waals surface area contributed by atoms with Crippen LogP contribution in [0.25, 0.3) is 0 Å². The number of benzene rings is 1. The number of anilines is 1. The highest BCUT2D eigenvalue weighted by Gasteiger charge is 2.24. The molecule has 1 aliphatic heterocycles. The van der Waals surface area contributed by atoms with Crippen molar-refractivity contribution in [3.05, 3.63) is 40.6 Å². The molecular formula is C15H18N2O2. The Hall–Kier alpha value is -2.10. The molecule has 4 heteroatoms. The first kappa shape index (κ1) is 13.3. The summed E-state index contributed by atoms with van der Waals surface area (Å²) in [5, 5.41) is 2.80. The number of carbonyl (C=O) groups is 2. The number of aryl methyl sites for hydroxylation is 2. The maximum Gasteiger partial charge on any atom is 0.229 e. The molecule has 19 heavy (non-hydrogen) atoms. The fraction of sp³-hybridized carbons (Fsp3) is 0.333. The third-order valence-corrected chi connectivity index (χ3v) is 3.21. The van der Waals surface area contributed by atoms with Crippen molar-refractivity contribution in [2.45, 2.75) is 20.3 Å². The molecule has 1 N–H and O–H groups in total. The summed E-state index contributed by atoms with van der Waals surface area (Å²) in [7, 11) is 3.68. The molecule has 0 atom stereocenters. The Balaban J connectivity index is 2.58. The number of nitrogens with one attached hydrogen (secondary N) is 1. The molecule has 0 fully saturated rings. The minimum atomic E-state index is -0.150. The van der Waals surface area contributed by atoms with Crippen LogP contribution in [0.3, 0.4) is 0 Å². The van der Waals surface area contributed by atoms with E-state index in [1.165, 1.54) is 0 Å². The quantitative estimate of drug-likeness (QED) is 0.786. The van der Waals surface area contributed by atoms with E-state index in [4.69, 9.17) is 0 Å². The molecule has 0 aliphatic carbocycles. The average molecular weight is 258 g/mol. The number of nitrogens with zero attached hydrogens (tertiary/aromatic N) is 1. The third-order valence-electron chi connectivity index (χ3n) is 3.21. The second kappa shape index (κ2) is 4.88. The molecule has 100 valence electrons. The normalized spacial score (nSPS) is 16.9. The lowest BCUT2D eigenvalue weighted by molar-refractivity contribution is -0.115. The van der Waals surface area contributed by atoms with Gasteiger partial charge in [0.2, 0.25) is 5.91 Å². The van der Waals surface area contributed by atoms with E-state index in [1.807, 2.05) is 40.1 Å². The Morgan fingerprint density at radius 1 is 1.16 bits per heavy atom. The predicted molar refractivity (Wildman–Crippen MR) is 75.3 cm³/mol. The number of Topliss-reactive ketones (excluding diaryl/α,β-unsaturated/α-hetero) is 1. The smallest absolute Gasteiger partial charge is 0.229 e. The highest BCUT2D eigenvalue weighted by Crippen LogP contribution is 2.27. The van der Waals surface area contributed by atoms with Gasteiger partial charge in [0.15, 0.2) is 5.78 Å². The highest BCUT2D eigenvalue weighted by atomic mass is 16.2. The zero-order chi connectivity index (χ0) is 14.2. The lowest BCUT2D eigenvalue weighted by atomic mass is 9.98. The van der Waals surface area contributed by atoms with E-state index in [9.17, 15) is 9.59 Å². The molecule has 1 heterocycles. The van der Waals surface area contributed by atoms with Gasteiger partial charge in [0.05, 0.1) is 12.1 Å². The van der Waals surface area contributed by atoms with Crippen molar-refractivity contribution in [2.24, 2.45) is 0 Å². The number of carbonyl (C=O) groups excluding carboxylic acids is 2. The van der Waals surface area contributed by atoms with Crippen molar-refractivity contribution in [3.63, 3.8) is 0 Å². The van der Waals surface area contributed by atoms with Gasteiger partial charge in [-0.05, 0) is 37.1 Å². The maximum absolute atomic E-state index is 12.5. The van der Waals surface area contributed by atoms with Crippen molar-refractivity contribution < 1.29 is 9.59 Å². The molecule has 0 radical (unpaired) electrons. The molecule has 1 amide bonds. The van der Waals surface area contributed by atoms with Gasteiger partial charge in [-0.25, -0.2) is 0 Å². The molecule has 0 saturated carbocycles. The zero-order valence-corrected chi connectivity index (χ0v) is 11.7. The SMILES string of the molecule is Cc1cc2c(cc1C)C(=O)/C(=C/N(C)C)CC(=O)N2. The highest BCUT2D eigenvalue weighted by molar-refractivity contribution is 6.18. The van der Waals surface area contributed by atoms with Gasteiger partial charge in [0, 0.05) is 31.4 Å². The molecule has 0 bridgehead atoms. The Morgan fingerprint density at radius 3 is 2.42 bits per heavy atom. The second-order valence-electron chi connectivity index (χ2n) is 5.15. The summed E-state index contributed by atoms with van der Waals surface area (Å²) < 4.78 is 0. The van der Waals surface area contributed by atoms with E-state index in [0.717, 1.165) is 11.1 Å². The standard InChI is InChI=1S/C15H18N2O2/c1-9-5-12-13(6-10(9)2)16-14(18)7-11(15(12)19)8-17(3)4/h5-6,8H,7H2,1-4H3,(H,16,18)/b11-8+. The largest absolute Gasteiger partial charge is 0.383 e. The van der Waals surface area contributed by atoms with E-state index in [1.54, 1.807) is 11.1 Å². The number of hydrogen-bond acceptors (Lipinski definition) is 3. The van der Waals surface area contributed by atoms with Crippen LogP contribution in [-0.2, 0) is 4.79 Å². The number of amides is 1. The van der Waals surface area contributed by atoms with Gasteiger partial charge in [-0.15, -0.1) is 0 Å². The van der Waals surface area contributed by atoms with E-state index in [0.29, 0.717) is 16.8 Å². The third kappa shape index (κ3) is 2.67. The minimum Gasteiger partial charge on any atom is -0.383 e. The minimum absolute atomic E-state index is 0.0786. The van der Waals surface area contributed by atoms with Gasteiger partial charge in [-0.1, -0.05) is 0 Å². The molecule has 4 nitrogen and oxygen atoms in total. The van der Waals surface area contributed by atoms with Crippen LogP contribution in [0.2, 0.25) is 0 Å². The van der Waals surface area contributed by atoms with Crippen molar-refractivity contribution in [1.82, 2.24) is 4.90 Å². The van der Waals surface area contributed by atoms with Gasteiger partial charge in [-0.3, -0.25) is 9.59 Å². The molecule has 0 unspecified atom stereocenters. The van der Waals surface area contributed by atoms with Crippen LogP contribution < -0.4 is 5.32 Å². The summed E-state index contributed by atoms with van der Waals surface area (Å²) in [5.41, 5.74) is 3.81. The first-order valence-corrected chi connectivity index (χ1v) is 6.21. The fourth-order valence-corrected chi connectivity index (χ4v) is 2.14. The van der Waals surface area contributed by atoms with Gasteiger partial charge in [-0.2, -0.15) is 0 Å². The number of rotatable bonds is 1. The second-order valence-corrected chi connectivity index (χ2v) is 5.15. The lowest BCUT2D eigenvalue weighted by Crippen LogP contribution is -2.12. The van der Waals surface area contributed by atoms with Gasteiger partial charge < -0.3 is 10.2 Å². The summed E-state index contributed by atoms with van der Waals surface area (Å²) >= 11 is 0. The molecule has 2 rings (SSSR count). The predicted octanol–water partition coefficient (Wildman–Crippen LogP) is 2.27. The zero-order valence-electron chi connectivity index (χ0n) is 11.7. The molecule has 0 spiro atoms. The first-order valence-electron chi connectivity index (χ1n) is 6.21. The number of hydrogen-bond donors (Lipinski definition) is 1. The van der Waals surface area contributed by atoms with E-state index in [-0.39, 0.29) is 18.1 Å². The first-order chi connectivity index (χ1) is 8.88. The molecular weight excluding hydrogens is 240 g/mol. The Kier molecular flexibility index (Phi) is 3.42. The Labute approximate surface area is 113 Å². The van der Waals surface area contributed by atoms with Crippen LogP contribution in [0.5, 0.6) is 0 Å². The van der Waals surface area contributed by atoms with Crippen LogP contribution >= 0.6 is 0 Å². The molecule has 0 aromatic heterocycles. The Bertz CT molecular complexity index is 586. The number of ketones is 1. The van der Waals surface area contributed by atoms with Crippen molar-refractivity contribution >= 4 is 17.4 Å². The fourth-order valence-electron chi connectivity index (χ4n) is 2.14. The topological polar surface area (TPSA) is 49.4 Å². The molecule has 0 saturated heterocycles. The van der Waals surface area contributed by atoms with E-state index >= 15 is 0 Å². The number of fused-ring (bicyclic) bond motifs is 1. The summed E-state index contributed by atoms with van der Waals surface area (Å²) in [6, 6.07) is 3.71. The average Bonchev–Trinajstić information content (AvgIpc) is 2.40. The monoisotopic (exact) mass is 258 g/mol. The van der Waals surface area contributed by atoms with Gasteiger partial charge >= 0.3 is 0 Å². The van der Waals surface area contributed by atoms with Crippen molar-refractivity contribution in [3.8, 4) is 0 Å². The van der Waals surface area contributed by atoms with Crippen LogP contribution in [0.4, 0.5) is 5.69 Å². The van der Waals surface area contributed by atoms with Crippen LogP contribution in [0.15, 0.2) is 23.9 Å². The molecule has 1 aromatic carbocycles. The molecule has 1 aromatic rings. The van der Waals surface area contributed by atoms with Gasteiger partial charge in [0.1, 0.15) is 0 Å². The summed E-state index contributed by atoms with van der Waals surface area (Å²) in [6.07, 6.45) is 1.83. The Morgan fingerprint density at radius 2 is 1.79 bits per heavy atom. The van der Waals surface area contributed by atoms with Crippen LogP contribution in [-0.4, -0.2) is 30.7 Å². The molecule has 1 aliphatic rings. The van der Waals surface area contributed by atoms with Crippen molar-refractivity contribution in [1.29, 1.82) is 0 Å². The lowest BCUT2D eigenvalue weighted by Gasteiger charge is -2.10. The van der Waals surface area contributed by atoms with Gasteiger partial charge in [0.25, 0.3) is 0 Å². The summed E-state index contributed by atoms with van der Waals surface area (Å²) in [6.45, 7) is 3.93.